The highest BCUT2D eigenvalue weighted by molar-refractivity contribution is 7.92. The van der Waals surface area contributed by atoms with Crippen molar-refractivity contribution >= 4 is 27.2 Å². The third-order valence-electron chi connectivity index (χ3n) is 2.89. The summed E-state index contributed by atoms with van der Waals surface area (Å²) in [6.45, 7) is 3.00. The van der Waals surface area contributed by atoms with Crippen molar-refractivity contribution in [2.24, 2.45) is 5.73 Å². The van der Waals surface area contributed by atoms with E-state index in [-0.39, 0.29) is 16.8 Å². The van der Waals surface area contributed by atoms with Crippen molar-refractivity contribution in [1.82, 2.24) is 9.62 Å². The van der Waals surface area contributed by atoms with Crippen molar-refractivity contribution < 1.29 is 8.42 Å². The second-order valence-electron chi connectivity index (χ2n) is 4.39. The van der Waals surface area contributed by atoms with E-state index in [9.17, 15) is 8.42 Å². The van der Waals surface area contributed by atoms with Gasteiger partial charge in [0.1, 0.15) is 5.75 Å². The monoisotopic (exact) mass is 265 g/mol. The topological polar surface area (TPSA) is 75.4 Å². The molecular weight excluding hydrogens is 246 g/mol. The summed E-state index contributed by atoms with van der Waals surface area (Å²) in [7, 11) is -1.31. The second-order valence-corrected chi connectivity index (χ2v) is 6.67. The number of thiocarbonyl (C=S) groups is 1. The molecule has 3 N–H and O–H groups in total. The summed E-state index contributed by atoms with van der Waals surface area (Å²) in [6, 6.07) is 0.400. The summed E-state index contributed by atoms with van der Waals surface area (Å²) in [6.07, 6.45) is 1.66. The zero-order valence-electron chi connectivity index (χ0n) is 9.64. The molecule has 16 heavy (non-hydrogen) atoms. The predicted octanol–water partition coefficient (Wildman–Crippen LogP) is -0.325. The second kappa shape index (κ2) is 5.39. The fraction of sp³-hybridized carbons (Fsp3) is 0.889. The van der Waals surface area contributed by atoms with Crippen molar-refractivity contribution in [3.63, 3.8) is 0 Å². The molecule has 1 heterocycles. The van der Waals surface area contributed by atoms with Crippen LogP contribution in [0.2, 0.25) is 0 Å². The van der Waals surface area contributed by atoms with Crippen molar-refractivity contribution in [1.29, 1.82) is 0 Å². The molecule has 0 saturated carbocycles. The van der Waals surface area contributed by atoms with Crippen molar-refractivity contribution in [2.45, 2.75) is 31.8 Å². The lowest BCUT2D eigenvalue weighted by molar-refractivity contribution is 0.178. The summed E-state index contributed by atoms with van der Waals surface area (Å²) in [5.41, 5.74) is 5.24. The number of rotatable bonds is 4. The van der Waals surface area contributed by atoms with Gasteiger partial charge in [-0.25, -0.2) is 13.1 Å². The maximum absolute atomic E-state index is 11.6. The Bertz CT molecular complexity index is 356. The normalized spacial score (nSPS) is 27.9. The molecule has 94 valence electrons. The number of piperidine rings is 1. The fourth-order valence-electron chi connectivity index (χ4n) is 1.88. The standard InChI is InChI=1S/C9H19N3O2S2/c1-7-5-8(3-4-12(7)2)11-16(13,14)6-9(10)15/h7-8,11H,3-6H2,1-2H3,(H2,10,15). The molecule has 1 saturated heterocycles. The first kappa shape index (κ1) is 13.8. The number of nitrogens with one attached hydrogen (secondary N) is 1. The molecule has 5 nitrogen and oxygen atoms in total. The van der Waals surface area contributed by atoms with E-state index in [0.717, 1.165) is 19.4 Å². The average Bonchev–Trinajstić information content (AvgIpc) is 2.08. The Labute approximate surface area is 102 Å². The van der Waals surface area contributed by atoms with Gasteiger partial charge in [-0.05, 0) is 33.4 Å². The molecule has 2 unspecified atom stereocenters. The van der Waals surface area contributed by atoms with Crippen LogP contribution >= 0.6 is 12.2 Å². The molecule has 1 aliphatic rings. The van der Waals surface area contributed by atoms with Crippen LogP contribution in [0.1, 0.15) is 19.8 Å². The summed E-state index contributed by atoms with van der Waals surface area (Å²) in [4.78, 5) is 2.23. The minimum atomic E-state index is -3.36. The Balaban J connectivity index is 2.52. The van der Waals surface area contributed by atoms with Gasteiger partial charge in [-0.3, -0.25) is 0 Å². The van der Waals surface area contributed by atoms with Crippen LogP contribution in [0.25, 0.3) is 0 Å². The number of sulfonamides is 1. The molecule has 7 heteroatoms. The van der Waals surface area contributed by atoms with Crippen LogP contribution in [0.5, 0.6) is 0 Å². The number of likely N-dealkylation sites (tertiary alicyclic amines) is 1. The first-order valence-electron chi connectivity index (χ1n) is 5.28. The zero-order chi connectivity index (χ0) is 12.3. The number of nitrogens with zero attached hydrogens (tertiary/aromatic N) is 1. The van der Waals surface area contributed by atoms with E-state index >= 15 is 0 Å². The average molecular weight is 265 g/mol. The van der Waals surface area contributed by atoms with Crippen LogP contribution in [0.15, 0.2) is 0 Å². The molecule has 1 rings (SSSR count). The van der Waals surface area contributed by atoms with Crippen LogP contribution in [0, 0.1) is 0 Å². The summed E-state index contributed by atoms with van der Waals surface area (Å²) in [5, 5.41) is 0. The van der Waals surface area contributed by atoms with Crippen LogP contribution < -0.4 is 10.5 Å². The van der Waals surface area contributed by atoms with Crippen LogP contribution in [-0.4, -0.2) is 49.7 Å². The van der Waals surface area contributed by atoms with Gasteiger partial charge in [-0.2, -0.15) is 0 Å². The van der Waals surface area contributed by atoms with E-state index in [1.165, 1.54) is 0 Å². The number of nitrogens with two attached hydrogens (primary N) is 1. The molecule has 0 aliphatic carbocycles. The highest BCUT2D eigenvalue weighted by atomic mass is 32.2. The molecule has 0 aromatic carbocycles. The molecule has 0 bridgehead atoms. The van der Waals surface area contributed by atoms with Gasteiger partial charge >= 0.3 is 0 Å². The summed E-state index contributed by atoms with van der Waals surface area (Å²) >= 11 is 4.60. The quantitative estimate of drug-likeness (QED) is 0.681. The van der Waals surface area contributed by atoms with Crippen molar-refractivity contribution in [2.75, 3.05) is 19.3 Å². The van der Waals surface area contributed by atoms with E-state index in [1.54, 1.807) is 0 Å². The first-order valence-corrected chi connectivity index (χ1v) is 7.35. The minimum Gasteiger partial charge on any atom is -0.392 e. The summed E-state index contributed by atoms with van der Waals surface area (Å²) < 4.78 is 25.9. The summed E-state index contributed by atoms with van der Waals surface area (Å²) in [5.74, 6) is -0.261. The zero-order valence-corrected chi connectivity index (χ0v) is 11.3. The number of hydrogen-bond donors (Lipinski definition) is 2. The van der Waals surface area contributed by atoms with Gasteiger partial charge in [0.2, 0.25) is 10.0 Å². The van der Waals surface area contributed by atoms with Gasteiger partial charge in [0.15, 0.2) is 0 Å². The number of hydrogen-bond acceptors (Lipinski definition) is 4. The van der Waals surface area contributed by atoms with Crippen LogP contribution in [0.4, 0.5) is 0 Å². The lowest BCUT2D eigenvalue weighted by atomic mass is 10.0. The van der Waals surface area contributed by atoms with Gasteiger partial charge in [-0.15, -0.1) is 0 Å². The predicted molar refractivity (Wildman–Crippen MR) is 68.8 cm³/mol. The van der Waals surface area contributed by atoms with E-state index in [2.05, 4.69) is 28.8 Å². The Kier molecular flexibility index (Phi) is 4.66. The third-order valence-corrected chi connectivity index (χ3v) is 4.60. The Morgan fingerprint density at radius 1 is 1.62 bits per heavy atom. The van der Waals surface area contributed by atoms with Crippen LogP contribution in [-0.2, 0) is 10.0 Å². The molecule has 0 amide bonds. The van der Waals surface area contributed by atoms with E-state index in [1.807, 2.05) is 7.05 Å². The van der Waals surface area contributed by atoms with Crippen molar-refractivity contribution in [3.8, 4) is 0 Å². The van der Waals surface area contributed by atoms with E-state index in [0.29, 0.717) is 6.04 Å². The highest BCUT2D eigenvalue weighted by Gasteiger charge is 2.26. The van der Waals surface area contributed by atoms with Crippen molar-refractivity contribution in [3.05, 3.63) is 0 Å². The van der Waals surface area contributed by atoms with Gasteiger partial charge in [-0.1, -0.05) is 12.2 Å². The maximum Gasteiger partial charge on any atom is 0.218 e. The molecular formula is C9H19N3O2S2. The fourth-order valence-corrected chi connectivity index (χ4v) is 3.52. The lowest BCUT2D eigenvalue weighted by Gasteiger charge is -2.35. The maximum atomic E-state index is 11.6. The lowest BCUT2D eigenvalue weighted by Crippen LogP contribution is -2.48. The molecule has 0 radical (unpaired) electrons. The molecule has 0 aromatic rings. The third kappa shape index (κ3) is 4.32. The Morgan fingerprint density at radius 3 is 2.75 bits per heavy atom. The van der Waals surface area contributed by atoms with Gasteiger partial charge in [0.25, 0.3) is 0 Å². The molecule has 0 spiro atoms. The van der Waals surface area contributed by atoms with E-state index < -0.39 is 10.0 Å². The SMILES string of the molecule is CC1CC(NS(=O)(=O)CC(N)=S)CCN1C. The molecule has 0 aromatic heterocycles. The molecule has 2 atom stereocenters. The largest absolute Gasteiger partial charge is 0.392 e. The van der Waals surface area contributed by atoms with E-state index in [4.69, 9.17) is 5.73 Å². The van der Waals surface area contributed by atoms with Crippen LogP contribution in [0.3, 0.4) is 0 Å². The van der Waals surface area contributed by atoms with Gasteiger partial charge < -0.3 is 10.6 Å². The molecule has 1 aliphatic heterocycles. The Hall–Kier alpha value is -0.240. The highest BCUT2D eigenvalue weighted by Crippen LogP contribution is 2.15. The smallest absolute Gasteiger partial charge is 0.218 e. The van der Waals surface area contributed by atoms with Gasteiger partial charge in [0, 0.05) is 12.1 Å². The molecule has 1 fully saturated rings. The minimum absolute atomic E-state index is 0.00514. The first-order chi connectivity index (χ1) is 7.30. The van der Waals surface area contributed by atoms with Gasteiger partial charge in [0.05, 0.1) is 4.99 Å². The Morgan fingerprint density at radius 2 is 2.25 bits per heavy atom.